The van der Waals surface area contributed by atoms with Crippen LogP contribution in [0.5, 0.6) is 5.75 Å². The summed E-state index contributed by atoms with van der Waals surface area (Å²) < 4.78 is 5.36. The molecule has 2 N–H and O–H groups in total. The Kier molecular flexibility index (Phi) is 5.58. The van der Waals surface area contributed by atoms with Crippen molar-refractivity contribution in [1.29, 1.82) is 0 Å². The molecular weight excluding hydrogens is 272 g/mol. The van der Waals surface area contributed by atoms with Crippen LogP contribution in [0.25, 0.3) is 0 Å². The van der Waals surface area contributed by atoms with Crippen LogP contribution in [0.15, 0.2) is 24.3 Å². The number of anilines is 1. The standard InChI is InChI=1S/C15H22N2O4/c1-5-17(15(3,4)13(18)19)14(20)16-11-8-7-9-12(10-11)21-6-2/h7-10H,5-6H2,1-4H3,(H,16,20)(H,18,19). The first-order valence-corrected chi connectivity index (χ1v) is 6.87. The Hall–Kier alpha value is -2.24. The molecule has 6 heteroatoms. The number of hydrogen-bond acceptors (Lipinski definition) is 3. The number of carbonyl (C=O) groups is 2. The van der Waals surface area contributed by atoms with Gasteiger partial charge in [-0.15, -0.1) is 0 Å². The molecule has 0 saturated heterocycles. The van der Waals surface area contributed by atoms with Crippen LogP contribution in [-0.4, -0.2) is 40.7 Å². The second kappa shape index (κ2) is 6.97. The molecule has 0 aliphatic carbocycles. The zero-order valence-electron chi connectivity index (χ0n) is 12.8. The van der Waals surface area contributed by atoms with Gasteiger partial charge in [-0.2, -0.15) is 0 Å². The molecule has 0 saturated carbocycles. The van der Waals surface area contributed by atoms with Crippen molar-refractivity contribution < 1.29 is 19.4 Å². The van der Waals surface area contributed by atoms with Crippen molar-refractivity contribution in [2.75, 3.05) is 18.5 Å². The molecule has 0 fully saturated rings. The Bertz CT molecular complexity index is 514. The number of benzene rings is 1. The number of nitrogens with one attached hydrogen (secondary N) is 1. The van der Waals surface area contributed by atoms with Gasteiger partial charge >= 0.3 is 12.0 Å². The van der Waals surface area contributed by atoms with Crippen LogP contribution in [0, 0.1) is 0 Å². The molecule has 6 nitrogen and oxygen atoms in total. The molecule has 0 aliphatic heterocycles. The van der Waals surface area contributed by atoms with E-state index >= 15 is 0 Å². The van der Waals surface area contributed by atoms with Crippen LogP contribution in [0.1, 0.15) is 27.7 Å². The van der Waals surface area contributed by atoms with Crippen molar-refractivity contribution in [3.8, 4) is 5.75 Å². The Labute approximate surface area is 124 Å². The van der Waals surface area contributed by atoms with Gasteiger partial charge in [-0.1, -0.05) is 6.07 Å². The van der Waals surface area contributed by atoms with Crippen LogP contribution < -0.4 is 10.1 Å². The molecule has 0 aliphatic rings. The zero-order valence-corrected chi connectivity index (χ0v) is 12.8. The highest BCUT2D eigenvalue weighted by molar-refractivity contribution is 5.93. The molecule has 0 unspecified atom stereocenters. The summed E-state index contributed by atoms with van der Waals surface area (Å²) in [6, 6.07) is 6.51. The Morgan fingerprint density at radius 2 is 2.00 bits per heavy atom. The van der Waals surface area contributed by atoms with Gasteiger partial charge in [-0.3, -0.25) is 0 Å². The van der Waals surface area contributed by atoms with Crippen LogP contribution >= 0.6 is 0 Å². The summed E-state index contributed by atoms with van der Waals surface area (Å²) >= 11 is 0. The molecule has 0 radical (unpaired) electrons. The number of rotatable bonds is 6. The van der Waals surface area contributed by atoms with Crippen LogP contribution in [0.2, 0.25) is 0 Å². The number of likely N-dealkylation sites (N-methyl/N-ethyl adjacent to an activating group) is 1. The highest BCUT2D eigenvalue weighted by Crippen LogP contribution is 2.20. The number of aliphatic carboxylic acids is 1. The van der Waals surface area contributed by atoms with Crippen molar-refractivity contribution in [2.24, 2.45) is 0 Å². The van der Waals surface area contributed by atoms with E-state index in [2.05, 4.69) is 5.32 Å². The summed E-state index contributed by atoms with van der Waals surface area (Å²) in [6.45, 7) is 7.42. The molecule has 21 heavy (non-hydrogen) atoms. The van der Waals surface area contributed by atoms with Gasteiger partial charge in [0.25, 0.3) is 0 Å². The quantitative estimate of drug-likeness (QED) is 0.845. The summed E-state index contributed by atoms with van der Waals surface area (Å²) in [5.41, 5.74) is -0.721. The molecule has 0 atom stereocenters. The second-order valence-electron chi connectivity index (χ2n) is 5.00. The lowest BCUT2D eigenvalue weighted by atomic mass is 10.0. The van der Waals surface area contributed by atoms with Crippen molar-refractivity contribution in [2.45, 2.75) is 33.2 Å². The summed E-state index contributed by atoms with van der Waals surface area (Å²) in [5, 5.41) is 11.9. The van der Waals surface area contributed by atoms with E-state index in [0.717, 1.165) is 0 Å². The van der Waals surface area contributed by atoms with E-state index in [9.17, 15) is 14.7 Å². The van der Waals surface area contributed by atoms with Gasteiger partial charge in [0, 0.05) is 18.3 Å². The average Bonchev–Trinajstić information content (AvgIpc) is 2.39. The molecule has 0 bridgehead atoms. The topological polar surface area (TPSA) is 78.9 Å². The third kappa shape index (κ3) is 4.11. The Morgan fingerprint density at radius 3 is 2.52 bits per heavy atom. The van der Waals surface area contributed by atoms with Gasteiger partial charge in [-0.25, -0.2) is 9.59 Å². The first-order chi connectivity index (χ1) is 9.82. The van der Waals surface area contributed by atoms with Crippen LogP contribution in [-0.2, 0) is 4.79 Å². The van der Waals surface area contributed by atoms with E-state index in [1.165, 1.54) is 18.7 Å². The summed E-state index contributed by atoms with van der Waals surface area (Å²) in [7, 11) is 0. The molecule has 0 aromatic heterocycles. The minimum absolute atomic E-state index is 0.288. The lowest BCUT2D eigenvalue weighted by molar-refractivity contribution is -0.147. The van der Waals surface area contributed by atoms with Gasteiger partial charge < -0.3 is 20.1 Å². The van der Waals surface area contributed by atoms with Gasteiger partial charge in [0.1, 0.15) is 11.3 Å². The van der Waals surface area contributed by atoms with E-state index in [4.69, 9.17) is 4.74 Å². The molecule has 0 spiro atoms. The fourth-order valence-corrected chi connectivity index (χ4v) is 1.93. The minimum atomic E-state index is -1.28. The number of amides is 2. The van der Waals surface area contributed by atoms with E-state index in [1.807, 2.05) is 6.92 Å². The SMILES string of the molecule is CCOc1cccc(NC(=O)N(CC)C(C)(C)C(=O)O)c1. The third-order valence-corrected chi connectivity index (χ3v) is 3.16. The normalized spacial score (nSPS) is 10.9. The Balaban J connectivity index is 2.88. The molecule has 0 heterocycles. The minimum Gasteiger partial charge on any atom is -0.494 e. The van der Waals surface area contributed by atoms with Crippen LogP contribution in [0.4, 0.5) is 10.5 Å². The van der Waals surface area contributed by atoms with Crippen molar-refractivity contribution in [1.82, 2.24) is 4.90 Å². The largest absolute Gasteiger partial charge is 0.494 e. The van der Waals surface area contributed by atoms with Gasteiger partial charge in [0.05, 0.1) is 6.61 Å². The molecule has 116 valence electrons. The number of carboxylic acid groups (broad SMARTS) is 1. The van der Waals surface area contributed by atoms with Crippen molar-refractivity contribution in [3.05, 3.63) is 24.3 Å². The summed E-state index contributed by atoms with van der Waals surface area (Å²) in [6.07, 6.45) is 0. The molecule has 1 rings (SSSR count). The first kappa shape index (κ1) is 16.8. The summed E-state index contributed by atoms with van der Waals surface area (Å²) in [4.78, 5) is 24.8. The summed E-state index contributed by atoms with van der Waals surface area (Å²) in [5.74, 6) is -0.404. The number of carbonyl (C=O) groups excluding carboxylic acids is 1. The maximum atomic E-state index is 12.3. The lowest BCUT2D eigenvalue weighted by Gasteiger charge is -2.34. The third-order valence-electron chi connectivity index (χ3n) is 3.16. The fraction of sp³-hybridized carbons (Fsp3) is 0.467. The predicted octanol–water partition coefficient (Wildman–Crippen LogP) is 2.80. The monoisotopic (exact) mass is 294 g/mol. The van der Waals surface area contributed by atoms with Gasteiger partial charge in [0.2, 0.25) is 0 Å². The number of carboxylic acids is 1. The maximum Gasteiger partial charge on any atom is 0.329 e. The van der Waals surface area contributed by atoms with Crippen molar-refractivity contribution >= 4 is 17.7 Å². The van der Waals surface area contributed by atoms with Crippen LogP contribution in [0.3, 0.4) is 0 Å². The first-order valence-electron chi connectivity index (χ1n) is 6.87. The second-order valence-corrected chi connectivity index (χ2v) is 5.00. The van der Waals surface area contributed by atoms with E-state index in [1.54, 1.807) is 31.2 Å². The van der Waals surface area contributed by atoms with Crippen molar-refractivity contribution in [3.63, 3.8) is 0 Å². The van der Waals surface area contributed by atoms with Gasteiger partial charge in [0.15, 0.2) is 0 Å². The van der Waals surface area contributed by atoms with E-state index in [0.29, 0.717) is 18.0 Å². The molecule has 1 aromatic carbocycles. The van der Waals surface area contributed by atoms with Gasteiger partial charge in [-0.05, 0) is 39.8 Å². The Morgan fingerprint density at radius 1 is 1.33 bits per heavy atom. The highest BCUT2D eigenvalue weighted by atomic mass is 16.5. The zero-order chi connectivity index (χ0) is 16.0. The lowest BCUT2D eigenvalue weighted by Crippen LogP contribution is -2.54. The number of nitrogens with zero attached hydrogens (tertiary/aromatic N) is 1. The van der Waals surface area contributed by atoms with E-state index < -0.39 is 17.5 Å². The molecule has 2 amide bonds. The fourth-order valence-electron chi connectivity index (χ4n) is 1.93. The maximum absolute atomic E-state index is 12.3. The van der Waals surface area contributed by atoms with E-state index in [-0.39, 0.29) is 6.54 Å². The predicted molar refractivity (Wildman–Crippen MR) is 80.7 cm³/mol. The molecule has 1 aromatic rings. The average molecular weight is 294 g/mol. The smallest absolute Gasteiger partial charge is 0.329 e. The highest BCUT2D eigenvalue weighted by Gasteiger charge is 2.36. The number of ether oxygens (including phenoxy) is 1. The number of hydrogen-bond donors (Lipinski definition) is 2. The number of urea groups is 1. The molecular formula is C15H22N2O4.